The fraction of sp³-hybridized carbons (Fsp3) is 0.0769. The molecule has 34 heavy (non-hydrogen) atoms. The minimum Gasteiger partial charge on any atom is -0.502 e. The molecule has 0 amide bonds. The Labute approximate surface area is 199 Å². The summed E-state index contributed by atoms with van der Waals surface area (Å²) in [4.78, 5) is 19.8. The maximum atomic E-state index is 11.4. The molecule has 0 radical (unpaired) electrons. The Hall–Kier alpha value is -4.23. The summed E-state index contributed by atoms with van der Waals surface area (Å²) in [5.41, 5.74) is 3.14. The van der Waals surface area contributed by atoms with Crippen LogP contribution in [0.1, 0.15) is 16.7 Å². The van der Waals surface area contributed by atoms with E-state index < -0.39 is 16.4 Å². The lowest BCUT2D eigenvalue weighted by molar-refractivity contribution is -0.386. The number of aromatic nitrogens is 1. The number of nitro groups is 1. The maximum Gasteiger partial charge on any atom is 0.315 e. The van der Waals surface area contributed by atoms with E-state index in [0.29, 0.717) is 28.2 Å². The molecule has 0 bridgehead atoms. The summed E-state index contributed by atoms with van der Waals surface area (Å²) >= 11 is 6.27. The van der Waals surface area contributed by atoms with Gasteiger partial charge < -0.3 is 9.52 Å². The molecule has 0 aliphatic carbocycles. The van der Waals surface area contributed by atoms with Gasteiger partial charge in [0.1, 0.15) is 5.52 Å². The number of rotatable bonds is 4. The van der Waals surface area contributed by atoms with Crippen molar-refractivity contribution in [2.45, 2.75) is 13.8 Å². The number of hydrogen-bond donors (Lipinski definition) is 1. The lowest BCUT2D eigenvalue weighted by Crippen LogP contribution is -1.99. The van der Waals surface area contributed by atoms with Crippen LogP contribution in [0.15, 0.2) is 70.1 Å². The van der Waals surface area contributed by atoms with Gasteiger partial charge in [-0.2, -0.15) is 0 Å². The smallest absolute Gasteiger partial charge is 0.315 e. The largest absolute Gasteiger partial charge is 0.502 e. The van der Waals surface area contributed by atoms with E-state index in [1.54, 1.807) is 25.1 Å². The molecule has 5 aromatic rings. The van der Waals surface area contributed by atoms with Crippen LogP contribution in [0.4, 0.5) is 11.4 Å². The van der Waals surface area contributed by atoms with Crippen LogP contribution in [0.25, 0.3) is 33.3 Å². The highest BCUT2D eigenvalue weighted by atomic mass is 35.5. The standard InChI is InChI=1S/C26H18ClN3O4/c1-14-20(25(31)24(30(32)33)15(2)23(14)27)13-28-17-10-11-22-21(12-17)29-26(34-22)19-9-5-7-16-6-3-4-8-18(16)19/h3-13,31H,1-2H3. The normalized spacial score (nSPS) is 11.6. The number of aliphatic imine (C=N–C) groups is 1. The number of benzene rings is 4. The summed E-state index contributed by atoms with van der Waals surface area (Å²) in [6.07, 6.45) is 1.37. The number of aromatic hydroxyl groups is 1. The predicted molar refractivity (Wildman–Crippen MR) is 133 cm³/mol. The van der Waals surface area contributed by atoms with Crippen molar-refractivity contribution in [2.24, 2.45) is 4.99 Å². The van der Waals surface area contributed by atoms with Gasteiger partial charge in [0.25, 0.3) is 0 Å². The Kier molecular flexibility index (Phi) is 5.26. The third-order valence-electron chi connectivity index (χ3n) is 5.81. The Morgan fingerprint density at radius 3 is 2.65 bits per heavy atom. The van der Waals surface area contributed by atoms with Crippen molar-refractivity contribution in [2.75, 3.05) is 0 Å². The third kappa shape index (κ3) is 3.56. The van der Waals surface area contributed by atoms with Crippen molar-refractivity contribution in [3.05, 3.63) is 92.5 Å². The van der Waals surface area contributed by atoms with Gasteiger partial charge in [0.05, 0.1) is 15.6 Å². The van der Waals surface area contributed by atoms with Crippen LogP contribution < -0.4 is 0 Å². The molecule has 7 nitrogen and oxygen atoms in total. The summed E-state index contributed by atoms with van der Waals surface area (Å²) in [6, 6.07) is 19.2. The number of hydrogen-bond acceptors (Lipinski definition) is 6. The number of halogens is 1. The highest BCUT2D eigenvalue weighted by Crippen LogP contribution is 2.40. The zero-order chi connectivity index (χ0) is 24.0. The van der Waals surface area contributed by atoms with E-state index in [1.165, 1.54) is 13.1 Å². The first-order valence-corrected chi connectivity index (χ1v) is 10.8. The van der Waals surface area contributed by atoms with Gasteiger partial charge >= 0.3 is 5.69 Å². The molecule has 1 heterocycles. The molecule has 0 saturated heterocycles. The number of phenolic OH excluding ortho intramolecular Hbond substituents is 1. The van der Waals surface area contributed by atoms with Crippen LogP contribution in [-0.4, -0.2) is 21.2 Å². The van der Waals surface area contributed by atoms with Gasteiger partial charge in [0, 0.05) is 22.9 Å². The number of phenols is 1. The van der Waals surface area contributed by atoms with E-state index in [0.717, 1.165) is 16.3 Å². The topological polar surface area (TPSA) is 102 Å². The second-order valence-electron chi connectivity index (χ2n) is 7.89. The van der Waals surface area contributed by atoms with E-state index >= 15 is 0 Å². The van der Waals surface area contributed by atoms with Crippen LogP contribution >= 0.6 is 11.6 Å². The number of fused-ring (bicyclic) bond motifs is 2. The Morgan fingerprint density at radius 2 is 1.85 bits per heavy atom. The molecule has 1 N–H and O–H groups in total. The Balaban J connectivity index is 1.55. The maximum absolute atomic E-state index is 11.4. The molecule has 0 unspecified atom stereocenters. The van der Waals surface area contributed by atoms with E-state index in [9.17, 15) is 15.2 Å². The van der Waals surface area contributed by atoms with E-state index in [-0.39, 0.29) is 16.1 Å². The second-order valence-corrected chi connectivity index (χ2v) is 8.27. The molecular formula is C26H18ClN3O4. The van der Waals surface area contributed by atoms with Gasteiger partial charge in [-0.3, -0.25) is 15.1 Å². The second kappa shape index (κ2) is 8.28. The molecular weight excluding hydrogens is 454 g/mol. The fourth-order valence-corrected chi connectivity index (χ4v) is 4.22. The lowest BCUT2D eigenvalue weighted by atomic mass is 10.0. The van der Waals surface area contributed by atoms with Gasteiger partial charge in [0.15, 0.2) is 5.58 Å². The van der Waals surface area contributed by atoms with Gasteiger partial charge in [0.2, 0.25) is 11.6 Å². The Morgan fingerprint density at radius 1 is 1.09 bits per heavy atom. The number of nitro benzene ring substituents is 1. The molecule has 4 aromatic carbocycles. The summed E-state index contributed by atoms with van der Waals surface area (Å²) in [7, 11) is 0. The first kappa shape index (κ1) is 21.6. The minimum absolute atomic E-state index is 0.194. The molecule has 0 spiro atoms. The van der Waals surface area contributed by atoms with Crippen molar-refractivity contribution < 1.29 is 14.4 Å². The zero-order valence-corrected chi connectivity index (χ0v) is 19.0. The third-order valence-corrected chi connectivity index (χ3v) is 6.38. The molecule has 8 heteroatoms. The molecule has 0 saturated carbocycles. The molecule has 168 valence electrons. The summed E-state index contributed by atoms with van der Waals surface area (Å²) in [6.45, 7) is 3.18. The lowest BCUT2D eigenvalue weighted by Gasteiger charge is -2.10. The van der Waals surface area contributed by atoms with Gasteiger partial charge in [-0.15, -0.1) is 0 Å². The van der Waals surface area contributed by atoms with Crippen LogP contribution in [0, 0.1) is 24.0 Å². The predicted octanol–water partition coefficient (Wildman–Crippen LogP) is 7.28. The first-order chi connectivity index (χ1) is 16.3. The van der Waals surface area contributed by atoms with Crippen molar-refractivity contribution in [1.29, 1.82) is 0 Å². The summed E-state index contributed by atoms with van der Waals surface area (Å²) < 4.78 is 5.99. The Bertz CT molecular complexity index is 1630. The molecule has 0 atom stereocenters. The summed E-state index contributed by atoms with van der Waals surface area (Å²) in [5, 5.41) is 24.2. The first-order valence-electron chi connectivity index (χ1n) is 10.4. The molecule has 1 aromatic heterocycles. The number of nitrogens with zero attached hydrogens (tertiary/aromatic N) is 3. The quantitative estimate of drug-likeness (QED) is 0.168. The van der Waals surface area contributed by atoms with Crippen LogP contribution in [0.3, 0.4) is 0 Å². The van der Waals surface area contributed by atoms with Crippen molar-refractivity contribution >= 4 is 51.1 Å². The fourth-order valence-electron chi connectivity index (χ4n) is 4.03. The van der Waals surface area contributed by atoms with E-state index in [4.69, 9.17) is 16.0 Å². The SMILES string of the molecule is Cc1c(Cl)c(C)c([N+](=O)[O-])c(O)c1C=Nc1ccc2oc(-c3cccc4ccccc34)nc2c1. The van der Waals surface area contributed by atoms with Gasteiger partial charge in [-0.25, -0.2) is 4.98 Å². The molecule has 0 aliphatic heterocycles. The van der Waals surface area contributed by atoms with Crippen molar-refractivity contribution in [3.8, 4) is 17.2 Å². The van der Waals surface area contributed by atoms with Gasteiger partial charge in [-0.05, 0) is 54.4 Å². The van der Waals surface area contributed by atoms with Crippen molar-refractivity contribution in [1.82, 2.24) is 4.98 Å². The van der Waals surface area contributed by atoms with E-state index in [1.807, 2.05) is 42.5 Å². The average molecular weight is 472 g/mol. The van der Waals surface area contributed by atoms with Crippen LogP contribution in [0.2, 0.25) is 5.02 Å². The highest BCUT2D eigenvalue weighted by molar-refractivity contribution is 6.33. The molecule has 0 aliphatic rings. The molecule has 5 rings (SSSR count). The zero-order valence-electron chi connectivity index (χ0n) is 18.2. The number of oxazole rings is 1. The minimum atomic E-state index is -0.649. The van der Waals surface area contributed by atoms with Gasteiger partial charge in [-0.1, -0.05) is 48.0 Å². The highest BCUT2D eigenvalue weighted by Gasteiger charge is 2.25. The van der Waals surface area contributed by atoms with Crippen LogP contribution in [0.5, 0.6) is 5.75 Å². The summed E-state index contributed by atoms with van der Waals surface area (Å²) in [5.74, 6) is 0.0382. The monoisotopic (exact) mass is 471 g/mol. The van der Waals surface area contributed by atoms with E-state index in [2.05, 4.69) is 9.98 Å². The van der Waals surface area contributed by atoms with Crippen molar-refractivity contribution in [3.63, 3.8) is 0 Å². The molecule has 0 fully saturated rings. The average Bonchev–Trinajstić information content (AvgIpc) is 3.25. The van der Waals surface area contributed by atoms with Crippen LogP contribution in [-0.2, 0) is 0 Å².